The second-order valence-corrected chi connectivity index (χ2v) is 5.77. The number of anilines is 1. The topological polar surface area (TPSA) is 46.9 Å². The van der Waals surface area contributed by atoms with Gasteiger partial charge in [-0.05, 0) is 38.1 Å². The van der Waals surface area contributed by atoms with E-state index < -0.39 is 0 Å². The summed E-state index contributed by atoms with van der Waals surface area (Å²) in [5, 5.41) is 5.43. The summed E-state index contributed by atoms with van der Waals surface area (Å²) < 4.78 is 15.1. The van der Waals surface area contributed by atoms with Gasteiger partial charge < -0.3 is 5.32 Å². The van der Waals surface area contributed by atoms with E-state index in [0.29, 0.717) is 11.3 Å². The van der Waals surface area contributed by atoms with Gasteiger partial charge in [0.15, 0.2) is 5.13 Å². The molecule has 1 N–H and O–H groups in total. The number of carbonyl (C=O) groups is 1. The molecule has 3 aromatic rings. The Morgan fingerprint density at radius 2 is 2.14 bits per heavy atom. The van der Waals surface area contributed by atoms with Gasteiger partial charge >= 0.3 is 0 Å². The lowest BCUT2D eigenvalue weighted by molar-refractivity contribution is 0.102. The molecule has 0 saturated heterocycles. The van der Waals surface area contributed by atoms with Crippen molar-refractivity contribution in [2.24, 2.45) is 0 Å². The zero-order chi connectivity index (χ0) is 15.7. The van der Waals surface area contributed by atoms with Crippen LogP contribution in [0.25, 0.3) is 5.13 Å². The molecule has 0 fully saturated rings. The number of nitrogens with zero attached hydrogens (tertiary/aromatic N) is 2. The first-order valence-electron chi connectivity index (χ1n) is 6.72. The van der Waals surface area contributed by atoms with Gasteiger partial charge in [-0.3, -0.25) is 9.36 Å². The summed E-state index contributed by atoms with van der Waals surface area (Å²) in [6, 6.07) is 7.65. The molecule has 6 heteroatoms. The molecule has 0 aliphatic rings. The highest BCUT2D eigenvalue weighted by Gasteiger charge is 2.17. The molecule has 4 nitrogen and oxygen atoms in total. The van der Waals surface area contributed by atoms with Crippen LogP contribution in [0.15, 0.2) is 41.9 Å². The first kappa shape index (κ1) is 14.5. The van der Waals surface area contributed by atoms with Crippen molar-refractivity contribution in [2.45, 2.75) is 13.8 Å². The molecule has 0 bridgehead atoms. The summed E-state index contributed by atoms with van der Waals surface area (Å²) in [5.74, 6) is -0.646. The standard InChI is InChI=1S/C16H14FN3OS/c1-10-8-14(11(2)20(10)16-18-6-7-22-16)15(21)19-13-5-3-4-12(17)9-13/h3-9H,1-2H3,(H,19,21). The van der Waals surface area contributed by atoms with Gasteiger partial charge in [-0.2, -0.15) is 0 Å². The van der Waals surface area contributed by atoms with Crippen LogP contribution in [-0.2, 0) is 0 Å². The maximum Gasteiger partial charge on any atom is 0.257 e. The molecule has 1 aromatic carbocycles. The lowest BCUT2D eigenvalue weighted by atomic mass is 10.2. The Kier molecular flexibility index (Phi) is 3.77. The summed E-state index contributed by atoms with van der Waals surface area (Å²) in [6.07, 6.45) is 1.73. The zero-order valence-corrected chi connectivity index (χ0v) is 12.9. The Hall–Kier alpha value is -2.47. The van der Waals surface area contributed by atoms with E-state index in [9.17, 15) is 9.18 Å². The Balaban J connectivity index is 1.92. The van der Waals surface area contributed by atoms with Gasteiger partial charge in [-0.25, -0.2) is 9.37 Å². The van der Waals surface area contributed by atoms with E-state index in [1.165, 1.54) is 23.5 Å². The summed E-state index contributed by atoms with van der Waals surface area (Å²) in [4.78, 5) is 16.7. The number of benzene rings is 1. The van der Waals surface area contributed by atoms with Crippen molar-refractivity contribution in [3.8, 4) is 5.13 Å². The minimum absolute atomic E-state index is 0.262. The Bertz CT molecular complexity index is 824. The summed E-state index contributed by atoms with van der Waals surface area (Å²) in [5.41, 5.74) is 2.72. The third-order valence-electron chi connectivity index (χ3n) is 3.37. The maximum absolute atomic E-state index is 13.2. The minimum atomic E-state index is -0.383. The highest BCUT2D eigenvalue weighted by molar-refractivity contribution is 7.12. The van der Waals surface area contributed by atoms with Gasteiger partial charge in [0.1, 0.15) is 5.82 Å². The fourth-order valence-corrected chi connectivity index (χ4v) is 3.13. The number of nitrogens with one attached hydrogen (secondary N) is 1. The number of aromatic nitrogens is 2. The number of hydrogen-bond acceptors (Lipinski definition) is 3. The predicted octanol–water partition coefficient (Wildman–Crippen LogP) is 3.94. The smallest absolute Gasteiger partial charge is 0.257 e. The highest BCUT2D eigenvalue weighted by Crippen LogP contribution is 2.23. The number of thiazole rings is 1. The SMILES string of the molecule is Cc1cc(C(=O)Nc2cccc(F)c2)c(C)n1-c1nccs1. The van der Waals surface area contributed by atoms with E-state index >= 15 is 0 Å². The van der Waals surface area contributed by atoms with Crippen LogP contribution in [0.4, 0.5) is 10.1 Å². The summed E-state index contributed by atoms with van der Waals surface area (Å²) in [6.45, 7) is 3.79. The van der Waals surface area contributed by atoms with Gasteiger partial charge in [0, 0.05) is 28.7 Å². The molecule has 0 radical (unpaired) electrons. The molecule has 3 rings (SSSR count). The van der Waals surface area contributed by atoms with Crippen molar-refractivity contribution in [1.29, 1.82) is 0 Å². The molecule has 1 amide bonds. The zero-order valence-electron chi connectivity index (χ0n) is 12.1. The minimum Gasteiger partial charge on any atom is -0.322 e. The molecule has 22 heavy (non-hydrogen) atoms. The summed E-state index contributed by atoms with van der Waals surface area (Å²) >= 11 is 1.51. The number of aryl methyl sites for hydroxylation is 1. The van der Waals surface area contributed by atoms with Crippen molar-refractivity contribution in [3.05, 3.63) is 64.7 Å². The van der Waals surface area contributed by atoms with Crippen molar-refractivity contribution < 1.29 is 9.18 Å². The van der Waals surface area contributed by atoms with Crippen LogP contribution in [0.2, 0.25) is 0 Å². The molecule has 2 aromatic heterocycles. The molecule has 112 valence electrons. The highest BCUT2D eigenvalue weighted by atomic mass is 32.1. The molecule has 2 heterocycles. The first-order chi connectivity index (χ1) is 10.6. The number of halogens is 1. The van der Waals surface area contributed by atoms with Gasteiger partial charge in [0.25, 0.3) is 5.91 Å². The quantitative estimate of drug-likeness (QED) is 0.795. The van der Waals surface area contributed by atoms with Crippen LogP contribution in [0.5, 0.6) is 0 Å². The average Bonchev–Trinajstić information content (AvgIpc) is 3.07. The van der Waals surface area contributed by atoms with Crippen LogP contribution in [0.1, 0.15) is 21.7 Å². The van der Waals surface area contributed by atoms with E-state index in [1.807, 2.05) is 29.9 Å². The van der Waals surface area contributed by atoms with Crippen LogP contribution < -0.4 is 5.32 Å². The van der Waals surface area contributed by atoms with E-state index in [0.717, 1.165) is 16.5 Å². The maximum atomic E-state index is 13.2. The van der Waals surface area contributed by atoms with E-state index in [-0.39, 0.29) is 11.7 Å². The van der Waals surface area contributed by atoms with Crippen molar-refractivity contribution in [1.82, 2.24) is 9.55 Å². The van der Waals surface area contributed by atoms with Crippen molar-refractivity contribution >= 4 is 22.9 Å². The molecule has 0 aliphatic carbocycles. The summed E-state index contributed by atoms with van der Waals surface area (Å²) in [7, 11) is 0. The molecule has 0 aliphatic heterocycles. The van der Waals surface area contributed by atoms with Crippen molar-refractivity contribution in [2.75, 3.05) is 5.32 Å². The van der Waals surface area contributed by atoms with E-state index in [2.05, 4.69) is 10.3 Å². The predicted molar refractivity (Wildman–Crippen MR) is 85.3 cm³/mol. The van der Waals surface area contributed by atoms with Crippen LogP contribution in [0, 0.1) is 19.7 Å². The number of amides is 1. The third kappa shape index (κ3) is 2.65. The molecule has 0 saturated carbocycles. The van der Waals surface area contributed by atoms with Crippen LogP contribution >= 0.6 is 11.3 Å². The fraction of sp³-hybridized carbons (Fsp3) is 0.125. The normalized spacial score (nSPS) is 10.7. The lowest BCUT2D eigenvalue weighted by Gasteiger charge is -2.07. The number of rotatable bonds is 3. The Morgan fingerprint density at radius 3 is 2.82 bits per heavy atom. The first-order valence-corrected chi connectivity index (χ1v) is 7.60. The number of carbonyl (C=O) groups excluding carboxylic acids is 1. The second kappa shape index (κ2) is 5.73. The van der Waals surface area contributed by atoms with Gasteiger partial charge in [-0.1, -0.05) is 6.07 Å². The van der Waals surface area contributed by atoms with Crippen LogP contribution in [-0.4, -0.2) is 15.5 Å². The third-order valence-corrected chi connectivity index (χ3v) is 4.13. The molecule has 0 spiro atoms. The molecule has 0 atom stereocenters. The van der Waals surface area contributed by atoms with Gasteiger partial charge in [0.05, 0.1) is 5.56 Å². The average molecular weight is 315 g/mol. The second-order valence-electron chi connectivity index (χ2n) is 4.90. The van der Waals surface area contributed by atoms with E-state index in [1.54, 1.807) is 18.3 Å². The van der Waals surface area contributed by atoms with Crippen LogP contribution in [0.3, 0.4) is 0 Å². The number of hydrogen-bond donors (Lipinski definition) is 1. The molecular formula is C16H14FN3OS. The lowest BCUT2D eigenvalue weighted by Crippen LogP contribution is -2.13. The molecule has 0 unspecified atom stereocenters. The van der Waals surface area contributed by atoms with E-state index in [4.69, 9.17) is 0 Å². The van der Waals surface area contributed by atoms with Gasteiger partial charge in [0.2, 0.25) is 0 Å². The Labute approximate surface area is 131 Å². The Morgan fingerprint density at radius 1 is 1.32 bits per heavy atom. The fourth-order valence-electron chi connectivity index (χ4n) is 2.38. The largest absolute Gasteiger partial charge is 0.322 e. The monoisotopic (exact) mass is 315 g/mol. The van der Waals surface area contributed by atoms with Crippen molar-refractivity contribution in [3.63, 3.8) is 0 Å². The van der Waals surface area contributed by atoms with Gasteiger partial charge in [-0.15, -0.1) is 11.3 Å². The molecular weight excluding hydrogens is 301 g/mol.